The molecule has 3 N–H and O–H groups in total. The molecule has 6 heteroatoms. The first-order chi connectivity index (χ1) is 10.1. The van der Waals surface area contributed by atoms with Crippen LogP contribution in [0.3, 0.4) is 0 Å². The molecule has 1 amide bonds. The molecule has 21 heavy (non-hydrogen) atoms. The summed E-state index contributed by atoms with van der Waals surface area (Å²) in [6.07, 6.45) is 2.40. The highest BCUT2D eigenvalue weighted by Crippen LogP contribution is 2.21. The van der Waals surface area contributed by atoms with Crippen LogP contribution in [-0.4, -0.2) is 37.6 Å². The van der Waals surface area contributed by atoms with Crippen molar-refractivity contribution in [3.8, 4) is 0 Å². The molecule has 0 bridgehead atoms. The van der Waals surface area contributed by atoms with Crippen LogP contribution >= 0.6 is 15.9 Å². The first-order valence-corrected chi connectivity index (χ1v) is 7.95. The van der Waals surface area contributed by atoms with Crippen LogP contribution in [0.5, 0.6) is 0 Å². The molecule has 0 aromatic heterocycles. The van der Waals surface area contributed by atoms with Gasteiger partial charge in [0.1, 0.15) is 0 Å². The van der Waals surface area contributed by atoms with Crippen LogP contribution in [0.4, 0.5) is 0 Å². The van der Waals surface area contributed by atoms with Crippen LogP contribution < -0.4 is 11.3 Å². The third-order valence-electron chi connectivity index (χ3n) is 3.71. The third kappa shape index (κ3) is 4.78. The highest BCUT2D eigenvalue weighted by molar-refractivity contribution is 9.10. The minimum absolute atomic E-state index is 0.282. The predicted molar refractivity (Wildman–Crippen MR) is 85.7 cm³/mol. The maximum absolute atomic E-state index is 11.5. The minimum atomic E-state index is -0.282. The second-order valence-corrected chi connectivity index (χ2v) is 6.41. The lowest BCUT2D eigenvalue weighted by atomic mass is 10.0. The van der Waals surface area contributed by atoms with Gasteiger partial charge in [-0.3, -0.25) is 10.2 Å². The third-order valence-corrected chi connectivity index (χ3v) is 4.45. The number of carbonyl (C=O) groups is 1. The average Bonchev–Trinajstić information content (AvgIpc) is 2.49. The molecule has 0 spiro atoms. The van der Waals surface area contributed by atoms with Crippen molar-refractivity contribution in [1.29, 1.82) is 0 Å². The Bertz CT molecular complexity index is 490. The lowest BCUT2D eigenvalue weighted by molar-refractivity contribution is 0.0411. The van der Waals surface area contributed by atoms with Crippen molar-refractivity contribution >= 4 is 21.8 Å². The molecule has 116 valence electrons. The van der Waals surface area contributed by atoms with E-state index in [2.05, 4.69) is 33.3 Å². The molecule has 1 fully saturated rings. The molecule has 2 rings (SSSR count). The molecule has 1 aliphatic rings. The fourth-order valence-corrected chi connectivity index (χ4v) is 3.15. The second-order valence-electron chi connectivity index (χ2n) is 5.56. The van der Waals surface area contributed by atoms with E-state index in [1.807, 2.05) is 6.07 Å². The standard InChI is InChI=1S/C15H22BrN3O2/c1-19(8-11-3-2-6-21-10-11)9-13-5-4-12(7-14(13)16)15(20)18-17/h4-5,7,11H,2-3,6,8-10,17H2,1H3,(H,18,20). The first kappa shape index (κ1) is 16.4. The van der Waals surface area contributed by atoms with Crippen molar-refractivity contribution in [2.24, 2.45) is 11.8 Å². The number of nitrogens with two attached hydrogens (primary N) is 1. The summed E-state index contributed by atoms with van der Waals surface area (Å²) >= 11 is 3.53. The Balaban J connectivity index is 1.93. The van der Waals surface area contributed by atoms with Gasteiger partial charge in [0.2, 0.25) is 0 Å². The van der Waals surface area contributed by atoms with Crippen LogP contribution in [-0.2, 0) is 11.3 Å². The maximum atomic E-state index is 11.5. The van der Waals surface area contributed by atoms with Gasteiger partial charge in [-0.15, -0.1) is 0 Å². The predicted octanol–water partition coefficient (Wildman–Crippen LogP) is 1.91. The summed E-state index contributed by atoms with van der Waals surface area (Å²) in [4.78, 5) is 13.8. The van der Waals surface area contributed by atoms with Gasteiger partial charge in [-0.25, -0.2) is 5.84 Å². The Kier molecular flexibility index (Phi) is 6.17. The van der Waals surface area contributed by atoms with Gasteiger partial charge in [-0.05, 0) is 43.5 Å². The van der Waals surface area contributed by atoms with Crippen LogP contribution in [0.25, 0.3) is 0 Å². The van der Waals surface area contributed by atoms with E-state index in [1.165, 1.54) is 6.42 Å². The number of amides is 1. The van der Waals surface area contributed by atoms with E-state index in [0.29, 0.717) is 11.5 Å². The van der Waals surface area contributed by atoms with E-state index in [0.717, 1.165) is 42.8 Å². The largest absolute Gasteiger partial charge is 0.381 e. The molecule has 5 nitrogen and oxygen atoms in total. The zero-order valence-electron chi connectivity index (χ0n) is 12.3. The molecule has 1 aromatic carbocycles. The van der Waals surface area contributed by atoms with Crippen molar-refractivity contribution in [2.75, 3.05) is 26.8 Å². The Labute approximate surface area is 133 Å². The summed E-state index contributed by atoms with van der Waals surface area (Å²) < 4.78 is 6.45. The number of halogens is 1. The molecule has 1 unspecified atom stereocenters. The van der Waals surface area contributed by atoms with E-state index < -0.39 is 0 Å². The highest BCUT2D eigenvalue weighted by atomic mass is 79.9. The van der Waals surface area contributed by atoms with Gasteiger partial charge in [0.05, 0.1) is 6.61 Å². The van der Waals surface area contributed by atoms with Crippen LogP contribution in [0.2, 0.25) is 0 Å². The van der Waals surface area contributed by atoms with Crippen LogP contribution in [0.15, 0.2) is 22.7 Å². The molecule has 1 heterocycles. The van der Waals surface area contributed by atoms with Gasteiger partial charge in [0.25, 0.3) is 5.91 Å². The topological polar surface area (TPSA) is 67.6 Å². The van der Waals surface area contributed by atoms with Gasteiger partial charge in [0.15, 0.2) is 0 Å². The minimum Gasteiger partial charge on any atom is -0.381 e. The molecule has 0 saturated carbocycles. The zero-order chi connectivity index (χ0) is 15.2. The van der Waals surface area contributed by atoms with Crippen molar-refractivity contribution in [2.45, 2.75) is 19.4 Å². The molecule has 1 aromatic rings. The SMILES string of the molecule is CN(Cc1ccc(C(=O)NN)cc1Br)CC1CCCOC1. The molecule has 0 aliphatic carbocycles. The smallest absolute Gasteiger partial charge is 0.265 e. The normalized spacial score (nSPS) is 18.8. The Hall–Kier alpha value is -0.950. The van der Waals surface area contributed by atoms with Gasteiger partial charge < -0.3 is 9.64 Å². The number of rotatable bonds is 5. The summed E-state index contributed by atoms with van der Waals surface area (Å²) in [6.45, 7) is 3.62. The number of benzene rings is 1. The van der Waals surface area contributed by atoms with E-state index in [-0.39, 0.29) is 5.91 Å². The van der Waals surface area contributed by atoms with Gasteiger partial charge in [-0.2, -0.15) is 0 Å². The number of hydrogen-bond acceptors (Lipinski definition) is 4. The maximum Gasteiger partial charge on any atom is 0.265 e. The summed E-state index contributed by atoms with van der Waals surface area (Å²) in [5.41, 5.74) is 3.85. The summed E-state index contributed by atoms with van der Waals surface area (Å²) in [7, 11) is 2.11. The van der Waals surface area contributed by atoms with E-state index in [9.17, 15) is 4.79 Å². The first-order valence-electron chi connectivity index (χ1n) is 7.16. The van der Waals surface area contributed by atoms with E-state index >= 15 is 0 Å². The Morgan fingerprint density at radius 2 is 2.38 bits per heavy atom. The van der Waals surface area contributed by atoms with Crippen molar-refractivity contribution < 1.29 is 9.53 Å². The van der Waals surface area contributed by atoms with Gasteiger partial charge >= 0.3 is 0 Å². The lowest BCUT2D eigenvalue weighted by Gasteiger charge is -2.27. The lowest BCUT2D eigenvalue weighted by Crippen LogP contribution is -2.31. The second kappa shape index (κ2) is 7.89. The molecular formula is C15H22BrN3O2. The number of nitrogens with one attached hydrogen (secondary N) is 1. The van der Waals surface area contributed by atoms with Crippen molar-refractivity contribution in [1.82, 2.24) is 10.3 Å². The number of nitrogen functional groups attached to an aromatic ring is 1. The molecule has 1 saturated heterocycles. The van der Waals surface area contributed by atoms with Crippen LogP contribution in [0.1, 0.15) is 28.8 Å². The zero-order valence-corrected chi connectivity index (χ0v) is 13.9. The van der Waals surface area contributed by atoms with Gasteiger partial charge in [0, 0.05) is 29.7 Å². The number of ether oxygens (including phenoxy) is 1. The van der Waals surface area contributed by atoms with Gasteiger partial charge in [-0.1, -0.05) is 22.0 Å². The Morgan fingerprint density at radius 3 is 3.00 bits per heavy atom. The fourth-order valence-electron chi connectivity index (χ4n) is 2.65. The molecule has 1 aliphatic heterocycles. The number of nitrogens with zero attached hydrogens (tertiary/aromatic N) is 1. The summed E-state index contributed by atoms with van der Waals surface area (Å²) in [5, 5.41) is 0. The van der Waals surface area contributed by atoms with Crippen LogP contribution in [0, 0.1) is 5.92 Å². The number of hydrazine groups is 1. The molecule has 1 atom stereocenters. The van der Waals surface area contributed by atoms with Crippen molar-refractivity contribution in [3.05, 3.63) is 33.8 Å². The quantitative estimate of drug-likeness (QED) is 0.481. The fraction of sp³-hybridized carbons (Fsp3) is 0.533. The summed E-state index contributed by atoms with van der Waals surface area (Å²) in [5.74, 6) is 5.48. The molecule has 0 radical (unpaired) electrons. The summed E-state index contributed by atoms with van der Waals surface area (Å²) in [6, 6.07) is 5.55. The van der Waals surface area contributed by atoms with Crippen molar-refractivity contribution in [3.63, 3.8) is 0 Å². The number of hydrogen-bond donors (Lipinski definition) is 2. The average molecular weight is 356 g/mol. The molecular weight excluding hydrogens is 334 g/mol. The monoisotopic (exact) mass is 355 g/mol. The number of carbonyl (C=O) groups excluding carboxylic acids is 1. The van der Waals surface area contributed by atoms with E-state index in [1.54, 1.807) is 12.1 Å². The van der Waals surface area contributed by atoms with E-state index in [4.69, 9.17) is 10.6 Å². The Morgan fingerprint density at radius 1 is 1.57 bits per heavy atom. The highest BCUT2D eigenvalue weighted by Gasteiger charge is 2.16.